The first-order valence-corrected chi connectivity index (χ1v) is 7.21. The highest BCUT2D eigenvalue weighted by atomic mass is 16.5. The molecule has 19 heavy (non-hydrogen) atoms. The van der Waals surface area contributed by atoms with Crippen LogP contribution in [0.2, 0.25) is 0 Å². The molecule has 1 N–H and O–H groups in total. The van der Waals surface area contributed by atoms with Crippen LogP contribution in [-0.2, 0) is 0 Å². The van der Waals surface area contributed by atoms with Gasteiger partial charge in [0.2, 0.25) is 0 Å². The van der Waals surface area contributed by atoms with Crippen molar-refractivity contribution in [1.29, 1.82) is 0 Å². The summed E-state index contributed by atoms with van der Waals surface area (Å²) in [4.78, 5) is 6.72. The van der Waals surface area contributed by atoms with Gasteiger partial charge in [0.1, 0.15) is 0 Å². The number of methoxy groups -OCH3 is 1. The highest BCUT2D eigenvalue weighted by Crippen LogP contribution is 2.29. The topological polar surface area (TPSA) is 37.4 Å². The van der Waals surface area contributed by atoms with E-state index in [0.717, 1.165) is 37.0 Å². The number of anilines is 1. The van der Waals surface area contributed by atoms with E-state index in [1.54, 1.807) is 7.11 Å². The average Bonchev–Trinajstić information content (AvgIpc) is 2.46. The number of hydrogen-bond acceptors (Lipinski definition) is 4. The van der Waals surface area contributed by atoms with E-state index in [1.807, 2.05) is 13.1 Å². The number of rotatable bonds is 5. The molecule has 0 spiro atoms. The van der Waals surface area contributed by atoms with Crippen LogP contribution < -0.4 is 15.0 Å². The van der Waals surface area contributed by atoms with E-state index in [2.05, 4.69) is 28.2 Å². The fourth-order valence-corrected chi connectivity index (χ4v) is 2.73. The lowest BCUT2D eigenvalue weighted by Gasteiger charge is -2.31. The molecule has 2 rings (SSSR count). The Morgan fingerprint density at radius 1 is 1.53 bits per heavy atom. The molecule has 1 unspecified atom stereocenters. The standard InChI is InChI=1S/C15H25N3O/c1-4-18(11-13-6-5-7-16-9-13)14-8-12(2)17-10-15(14)19-3/h8,10,13,16H,4-7,9,11H2,1-3H3. The quantitative estimate of drug-likeness (QED) is 0.884. The Morgan fingerprint density at radius 2 is 2.37 bits per heavy atom. The van der Waals surface area contributed by atoms with Crippen molar-refractivity contribution in [1.82, 2.24) is 10.3 Å². The number of aryl methyl sites for hydroxylation is 1. The van der Waals surface area contributed by atoms with Gasteiger partial charge < -0.3 is 15.0 Å². The number of nitrogens with zero attached hydrogens (tertiary/aromatic N) is 2. The summed E-state index contributed by atoms with van der Waals surface area (Å²) in [5.74, 6) is 1.60. The van der Waals surface area contributed by atoms with Gasteiger partial charge in [-0.25, -0.2) is 0 Å². The lowest BCUT2D eigenvalue weighted by atomic mass is 9.99. The Labute approximate surface area is 116 Å². The predicted octanol–water partition coefficient (Wildman–Crippen LogP) is 2.22. The Balaban J connectivity index is 2.13. The maximum absolute atomic E-state index is 5.45. The van der Waals surface area contributed by atoms with Gasteiger partial charge in [-0.05, 0) is 51.8 Å². The smallest absolute Gasteiger partial charge is 0.160 e. The second kappa shape index (κ2) is 6.75. The van der Waals surface area contributed by atoms with Crippen LogP contribution in [0.25, 0.3) is 0 Å². The molecule has 4 heteroatoms. The van der Waals surface area contributed by atoms with E-state index < -0.39 is 0 Å². The molecule has 4 nitrogen and oxygen atoms in total. The van der Waals surface area contributed by atoms with Crippen LogP contribution in [0.4, 0.5) is 5.69 Å². The minimum Gasteiger partial charge on any atom is -0.493 e. The normalized spacial score (nSPS) is 19.2. The molecule has 0 radical (unpaired) electrons. The van der Waals surface area contributed by atoms with E-state index in [-0.39, 0.29) is 0 Å². The number of hydrogen-bond donors (Lipinski definition) is 1. The van der Waals surface area contributed by atoms with Crippen LogP contribution in [0.1, 0.15) is 25.5 Å². The third-order valence-electron chi connectivity index (χ3n) is 3.80. The highest BCUT2D eigenvalue weighted by Gasteiger charge is 2.18. The van der Waals surface area contributed by atoms with Gasteiger partial charge in [-0.3, -0.25) is 4.98 Å². The summed E-state index contributed by atoms with van der Waals surface area (Å²) < 4.78 is 5.45. The van der Waals surface area contributed by atoms with Gasteiger partial charge in [0.15, 0.2) is 5.75 Å². The molecule has 1 aliphatic rings. The van der Waals surface area contributed by atoms with Gasteiger partial charge in [0, 0.05) is 18.8 Å². The molecular formula is C15H25N3O. The predicted molar refractivity (Wildman–Crippen MR) is 79.0 cm³/mol. The van der Waals surface area contributed by atoms with Crippen LogP contribution >= 0.6 is 0 Å². The zero-order chi connectivity index (χ0) is 13.7. The first-order valence-electron chi connectivity index (χ1n) is 7.21. The Morgan fingerprint density at radius 3 is 3.00 bits per heavy atom. The third kappa shape index (κ3) is 3.60. The summed E-state index contributed by atoms with van der Waals surface area (Å²) in [6.07, 6.45) is 4.43. The zero-order valence-corrected chi connectivity index (χ0v) is 12.3. The summed E-state index contributed by atoms with van der Waals surface area (Å²) in [6, 6.07) is 2.12. The number of ether oxygens (including phenoxy) is 1. The number of nitrogens with one attached hydrogen (secondary N) is 1. The van der Waals surface area contributed by atoms with Crippen molar-refractivity contribution < 1.29 is 4.74 Å². The van der Waals surface area contributed by atoms with Crippen molar-refractivity contribution in [2.24, 2.45) is 5.92 Å². The monoisotopic (exact) mass is 263 g/mol. The van der Waals surface area contributed by atoms with Crippen molar-refractivity contribution >= 4 is 5.69 Å². The summed E-state index contributed by atoms with van der Waals surface area (Å²) in [5.41, 5.74) is 2.21. The number of pyridine rings is 1. The summed E-state index contributed by atoms with van der Waals surface area (Å²) in [6.45, 7) is 8.60. The van der Waals surface area contributed by atoms with Crippen molar-refractivity contribution in [3.63, 3.8) is 0 Å². The molecule has 0 aromatic carbocycles. The van der Waals surface area contributed by atoms with Crippen molar-refractivity contribution in [3.8, 4) is 5.75 Å². The molecule has 1 atom stereocenters. The number of piperidine rings is 1. The second-order valence-electron chi connectivity index (χ2n) is 5.25. The lowest BCUT2D eigenvalue weighted by Crippen LogP contribution is -2.38. The van der Waals surface area contributed by atoms with Crippen LogP contribution in [0.15, 0.2) is 12.3 Å². The van der Waals surface area contributed by atoms with Gasteiger partial charge in [0.25, 0.3) is 0 Å². The van der Waals surface area contributed by atoms with E-state index in [9.17, 15) is 0 Å². The molecule has 1 fully saturated rings. The maximum Gasteiger partial charge on any atom is 0.160 e. The van der Waals surface area contributed by atoms with Crippen LogP contribution in [0.3, 0.4) is 0 Å². The zero-order valence-electron chi connectivity index (χ0n) is 12.3. The average molecular weight is 263 g/mol. The number of aromatic nitrogens is 1. The van der Waals surface area contributed by atoms with Crippen molar-refractivity contribution in [2.45, 2.75) is 26.7 Å². The largest absolute Gasteiger partial charge is 0.493 e. The van der Waals surface area contributed by atoms with Gasteiger partial charge in [-0.2, -0.15) is 0 Å². The summed E-state index contributed by atoms with van der Waals surface area (Å²) in [7, 11) is 1.71. The summed E-state index contributed by atoms with van der Waals surface area (Å²) >= 11 is 0. The van der Waals surface area contributed by atoms with Crippen molar-refractivity contribution in [3.05, 3.63) is 18.0 Å². The molecule has 1 saturated heterocycles. The first-order chi connectivity index (χ1) is 9.24. The molecule has 0 aliphatic carbocycles. The molecule has 1 aliphatic heterocycles. The van der Waals surface area contributed by atoms with Crippen LogP contribution in [0, 0.1) is 12.8 Å². The van der Waals surface area contributed by atoms with E-state index >= 15 is 0 Å². The molecule has 1 aromatic heterocycles. The second-order valence-corrected chi connectivity index (χ2v) is 5.25. The fourth-order valence-electron chi connectivity index (χ4n) is 2.73. The van der Waals surface area contributed by atoms with Crippen LogP contribution in [0.5, 0.6) is 5.75 Å². The van der Waals surface area contributed by atoms with E-state index in [4.69, 9.17) is 4.74 Å². The minimum atomic E-state index is 0.729. The van der Waals surface area contributed by atoms with Gasteiger partial charge in [-0.15, -0.1) is 0 Å². The molecule has 1 aromatic rings. The molecular weight excluding hydrogens is 238 g/mol. The highest BCUT2D eigenvalue weighted by molar-refractivity contribution is 5.58. The van der Waals surface area contributed by atoms with Gasteiger partial charge >= 0.3 is 0 Å². The lowest BCUT2D eigenvalue weighted by molar-refractivity contribution is 0.374. The molecule has 0 saturated carbocycles. The van der Waals surface area contributed by atoms with Crippen LogP contribution in [-0.4, -0.2) is 38.3 Å². The first kappa shape index (κ1) is 14.1. The summed E-state index contributed by atoms with van der Waals surface area (Å²) in [5, 5.41) is 3.49. The molecule has 0 amide bonds. The molecule has 0 bridgehead atoms. The molecule has 2 heterocycles. The third-order valence-corrected chi connectivity index (χ3v) is 3.80. The van der Waals surface area contributed by atoms with Gasteiger partial charge in [-0.1, -0.05) is 0 Å². The Hall–Kier alpha value is -1.29. The SMILES string of the molecule is CCN(CC1CCCNC1)c1cc(C)ncc1OC. The maximum atomic E-state index is 5.45. The Bertz CT molecular complexity index is 402. The minimum absolute atomic E-state index is 0.729. The Kier molecular flexibility index (Phi) is 5.02. The fraction of sp³-hybridized carbons (Fsp3) is 0.667. The van der Waals surface area contributed by atoms with E-state index in [1.165, 1.54) is 25.1 Å². The molecule has 106 valence electrons. The van der Waals surface area contributed by atoms with E-state index in [0.29, 0.717) is 0 Å². The van der Waals surface area contributed by atoms with Gasteiger partial charge in [0.05, 0.1) is 19.0 Å². The van der Waals surface area contributed by atoms with Crippen molar-refractivity contribution in [2.75, 3.05) is 38.2 Å².